The van der Waals surface area contributed by atoms with E-state index in [-0.39, 0.29) is 24.5 Å². The van der Waals surface area contributed by atoms with Gasteiger partial charge in [0.25, 0.3) is 5.91 Å². The van der Waals surface area contributed by atoms with Crippen LogP contribution in [0.4, 0.5) is 5.13 Å². The van der Waals surface area contributed by atoms with E-state index in [0.29, 0.717) is 17.4 Å². The molecule has 0 bridgehead atoms. The molecule has 0 spiro atoms. The third-order valence-electron chi connectivity index (χ3n) is 2.59. The molecule has 1 aromatic heterocycles. The molecule has 0 aromatic carbocycles. The van der Waals surface area contributed by atoms with Crippen LogP contribution < -0.4 is 5.73 Å². The highest BCUT2D eigenvalue weighted by Gasteiger charge is 2.35. The van der Waals surface area contributed by atoms with Gasteiger partial charge in [0, 0.05) is 11.4 Å². The first-order chi connectivity index (χ1) is 8.61. The van der Waals surface area contributed by atoms with Crippen molar-refractivity contribution >= 4 is 28.3 Å². The maximum Gasteiger partial charge on any atom is 0.325 e. The molecule has 18 heavy (non-hydrogen) atoms. The number of nitrogens with zero attached hydrogens (tertiary/aromatic N) is 2. The number of hydrogen-bond acceptors (Lipinski definition) is 6. The summed E-state index contributed by atoms with van der Waals surface area (Å²) in [7, 11) is 0. The van der Waals surface area contributed by atoms with E-state index in [1.54, 1.807) is 12.3 Å². The number of thiazole rings is 1. The summed E-state index contributed by atoms with van der Waals surface area (Å²) in [5.74, 6) is -0.639. The molecule has 7 heteroatoms. The second-order valence-electron chi connectivity index (χ2n) is 4.04. The van der Waals surface area contributed by atoms with Crippen LogP contribution in [-0.2, 0) is 9.53 Å². The first kappa shape index (κ1) is 12.8. The van der Waals surface area contributed by atoms with Crippen LogP contribution in [0.5, 0.6) is 0 Å². The van der Waals surface area contributed by atoms with Crippen molar-refractivity contribution in [3.05, 3.63) is 11.1 Å². The van der Waals surface area contributed by atoms with Gasteiger partial charge in [-0.05, 0) is 19.8 Å². The Morgan fingerprint density at radius 2 is 2.33 bits per heavy atom. The molecule has 0 atom stereocenters. The summed E-state index contributed by atoms with van der Waals surface area (Å²) in [6.07, 6.45) is 1.84. The topological polar surface area (TPSA) is 85.5 Å². The van der Waals surface area contributed by atoms with Gasteiger partial charge in [-0.1, -0.05) is 0 Å². The first-order valence-corrected chi connectivity index (χ1v) is 6.67. The average molecular weight is 269 g/mol. The van der Waals surface area contributed by atoms with E-state index >= 15 is 0 Å². The largest absolute Gasteiger partial charge is 0.465 e. The van der Waals surface area contributed by atoms with E-state index in [9.17, 15) is 9.59 Å². The number of carbonyl (C=O) groups excluding carboxylic acids is 2. The summed E-state index contributed by atoms with van der Waals surface area (Å²) in [6.45, 7) is 2.03. The number of rotatable bonds is 5. The van der Waals surface area contributed by atoms with Gasteiger partial charge in [-0.15, -0.1) is 11.3 Å². The van der Waals surface area contributed by atoms with Gasteiger partial charge in [0.15, 0.2) is 5.13 Å². The van der Waals surface area contributed by atoms with Crippen molar-refractivity contribution in [1.82, 2.24) is 9.88 Å². The van der Waals surface area contributed by atoms with Crippen LogP contribution in [0.25, 0.3) is 0 Å². The molecule has 1 aliphatic rings. The standard InChI is InChI=1S/C11H15N3O3S/c1-2-17-9(15)5-14(7-3-4-7)10(16)8-6-18-11(12)13-8/h6-7H,2-5H2,1H3,(H2,12,13). The van der Waals surface area contributed by atoms with Crippen LogP contribution >= 0.6 is 11.3 Å². The Morgan fingerprint density at radius 3 is 2.83 bits per heavy atom. The van der Waals surface area contributed by atoms with Gasteiger partial charge >= 0.3 is 5.97 Å². The maximum atomic E-state index is 12.2. The Bertz CT molecular complexity index is 456. The number of anilines is 1. The number of nitrogen functional groups attached to an aromatic ring is 1. The highest BCUT2D eigenvalue weighted by atomic mass is 32.1. The van der Waals surface area contributed by atoms with E-state index < -0.39 is 0 Å². The summed E-state index contributed by atoms with van der Waals surface area (Å²) in [4.78, 5) is 29.1. The molecule has 0 saturated heterocycles. The smallest absolute Gasteiger partial charge is 0.325 e. The lowest BCUT2D eigenvalue weighted by atomic mass is 10.3. The van der Waals surface area contributed by atoms with E-state index in [1.807, 2.05) is 0 Å². The molecule has 1 heterocycles. The van der Waals surface area contributed by atoms with E-state index in [0.717, 1.165) is 12.8 Å². The van der Waals surface area contributed by atoms with E-state index in [2.05, 4.69) is 4.98 Å². The molecule has 0 radical (unpaired) electrons. The fraction of sp³-hybridized carbons (Fsp3) is 0.545. The van der Waals surface area contributed by atoms with Crippen LogP contribution in [0.15, 0.2) is 5.38 Å². The highest BCUT2D eigenvalue weighted by molar-refractivity contribution is 7.13. The molecule has 0 unspecified atom stereocenters. The molecular formula is C11H15N3O3S. The highest BCUT2D eigenvalue weighted by Crippen LogP contribution is 2.28. The molecule has 98 valence electrons. The van der Waals surface area contributed by atoms with Gasteiger partial charge in [-0.25, -0.2) is 4.98 Å². The fourth-order valence-electron chi connectivity index (χ4n) is 1.63. The molecule has 1 saturated carbocycles. The summed E-state index contributed by atoms with van der Waals surface area (Å²) in [5.41, 5.74) is 5.80. The Morgan fingerprint density at radius 1 is 1.61 bits per heavy atom. The van der Waals surface area contributed by atoms with Crippen LogP contribution in [-0.4, -0.2) is 41.0 Å². The molecule has 0 aliphatic heterocycles. The van der Waals surface area contributed by atoms with Gasteiger partial charge in [0.2, 0.25) is 0 Å². The van der Waals surface area contributed by atoms with Crippen LogP contribution in [0.2, 0.25) is 0 Å². The van der Waals surface area contributed by atoms with Gasteiger partial charge in [0.1, 0.15) is 12.2 Å². The van der Waals surface area contributed by atoms with Crippen molar-refractivity contribution in [2.45, 2.75) is 25.8 Å². The third-order valence-corrected chi connectivity index (χ3v) is 3.27. The zero-order valence-corrected chi connectivity index (χ0v) is 10.9. The normalized spacial score (nSPS) is 14.3. The zero-order valence-electron chi connectivity index (χ0n) is 10.1. The van der Waals surface area contributed by atoms with Crippen molar-refractivity contribution in [2.24, 2.45) is 0 Å². The monoisotopic (exact) mass is 269 g/mol. The maximum absolute atomic E-state index is 12.2. The molecule has 1 fully saturated rings. The fourth-order valence-corrected chi connectivity index (χ4v) is 2.17. The minimum Gasteiger partial charge on any atom is -0.465 e. The predicted octanol–water partition coefficient (Wildman–Crippen LogP) is 0.893. The lowest BCUT2D eigenvalue weighted by Crippen LogP contribution is -2.38. The lowest BCUT2D eigenvalue weighted by Gasteiger charge is -2.20. The number of amides is 1. The summed E-state index contributed by atoms with van der Waals surface area (Å²) in [6, 6.07) is 0.129. The zero-order chi connectivity index (χ0) is 13.1. The average Bonchev–Trinajstić information content (AvgIpc) is 3.08. The van der Waals surface area contributed by atoms with E-state index in [1.165, 1.54) is 16.2 Å². The summed E-state index contributed by atoms with van der Waals surface area (Å²) in [5, 5.41) is 1.96. The molecule has 1 aliphatic carbocycles. The van der Waals surface area contributed by atoms with Crippen molar-refractivity contribution in [1.29, 1.82) is 0 Å². The first-order valence-electron chi connectivity index (χ1n) is 5.79. The molecule has 1 aromatic rings. The van der Waals surface area contributed by atoms with Crippen LogP contribution in [0.1, 0.15) is 30.3 Å². The number of nitrogens with two attached hydrogens (primary N) is 1. The van der Waals surface area contributed by atoms with Crippen LogP contribution in [0.3, 0.4) is 0 Å². The minimum absolute atomic E-state index is 0.0191. The SMILES string of the molecule is CCOC(=O)CN(C(=O)c1csc(N)n1)C1CC1. The van der Waals surface area contributed by atoms with Crippen molar-refractivity contribution < 1.29 is 14.3 Å². The van der Waals surface area contributed by atoms with Crippen molar-refractivity contribution in [3.8, 4) is 0 Å². The molecule has 2 N–H and O–H groups in total. The van der Waals surface area contributed by atoms with Crippen molar-refractivity contribution in [2.75, 3.05) is 18.9 Å². The van der Waals surface area contributed by atoms with Gasteiger partial charge in [0.05, 0.1) is 6.61 Å². The molecule has 1 amide bonds. The predicted molar refractivity (Wildman–Crippen MR) is 67.2 cm³/mol. The molecular weight excluding hydrogens is 254 g/mol. The Balaban J connectivity index is 2.05. The number of carbonyl (C=O) groups is 2. The summed E-state index contributed by atoms with van der Waals surface area (Å²) < 4.78 is 4.87. The number of aromatic nitrogens is 1. The lowest BCUT2D eigenvalue weighted by molar-refractivity contribution is -0.144. The Kier molecular flexibility index (Phi) is 3.81. The molecule has 2 rings (SSSR count). The molecule has 6 nitrogen and oxygen atoms in total. The van der Waals surface area contributed by atoms with Crippen LogP contribution in [0, 0.1) is 0 Å². The van der Waals surface area contributed by atoms with Gasteiger partial charge < -0.3 is 15.4 Å². The Labute approximate surface area is 109 Å². The van der Waals surface area contributed by atoms with Gasteiger partial charge in [-0.3, -0.25) is 9.59 Å². The van der Waals surface area contributed by atoms with Crippen molar-refractivity contribution in [3.63, 3.8) is 0 Å². The Hall–Kier alpha value is -1.63. The number of hydrogen-bond donors (Lipinski definition) is 1. The minimum atomic E-state index is -0.388. The summed E-state index contributed by atoms with van der Waals surface area (Å²) >= 11 is 1.21. The third kappa shape index (κ3) is 2.98. The number of ether oxygens (including phenoxy) is 1. The van der Waals surface area contributed by atoms with E-state index in [4.69, 9.17) is 10.5 Å². The second kappa shape index (κ2) is 5.34. The quantitative estimate of drug-likeness (QED) is 0.802. The second-order valence-corrected chi connectivity index (χ2v) is 4.93. The number of esters is 1. The van der Waals surface area contributed by atoms with Gasteiger partial charge in [-0.2, -0.15) is 0 Å².